The van der Waals surface area contributed by atoms with Gasteiger partial charge in [0.25, 0.3) is 0 Å². The first-order chi connectivity index (χ1) is 26.8. The number of carboxylic acid groups (broad SMARTS) is 1. The number of carbonyl (C=O) groups excluding carboxylic acids is 3. The van der Waals surface area contributed by atoms with E-state index in [1.165, 1.54) is 4.90 Å². The van der Waals surface area contributed by atoms with E-state index < -0.39 is 29.6 Å². The van der Waals surface area contributed by atoms with Crippen molar-refractivity contribution in [2.75, 3.05) is 42.9 Å². The molecule has 0 radical (unpaired) electrons. The maximum Gasteiger partial charge on any atom is 0.439 e. The number of H-pyrrole nitrogens is 1. The molecule has 0 spiro atoms. The average Bonchev–Trinajstić information content (AvgIpc) is 3.63. The number of nitrogens with zero attached hydrogens (tertiary/aromatic N) is 3. The normalized spacial score (nSPS) is 17.8. The number of rotatable bonds is 11. The molecule has 2 heterocycles. The van der Waals surface area contributed by atoms with Crippen LogP contribution in [0.25, 0.3) is 22.5 Å². The third-order valence-electron chi connectivity index (χ3n) is 10.2. The van der Waals surface area contributed by atoms with Crippen molar-refractivity contribution in [1.82, 2.24) is 25.7 Å². The highest BCUT2D eigenvalue weighted by Crippen LogP contribution is 2.29. The quantitative estimate of drug-likeness (QED) is 0.130. The van der Waals surface area contributed by atoms with Gasteiger partial charge in [-0.25, -0.2) is 14.4 Å². The van der Waals surface area contributed by atoms with E-state index in [2.05, 4.69) is 35.5 Å². The van der Waals surface area contributed by atoms with Gasteiger partial charge in [0.1, 0.15) is 11.6 Å². The number of hydrogen-bond donors (Lipinski definition) is 5. The molecule has 5 N–H and O–H groups in total. The molecule has 4 amide bonds. The van der Waals surface area contributed by atoms with Crippen molar-refractivity contribution in [3.63, 3.8) is 0 Å². The lowest BCUT2D eigenvalue weighted by molar-refractivity contribution is -0.130. The highest BCUT2D eigenvalue weighted by atomic mass is 16.6. The van der Waals surface area contributed by atoms with Crippen LogP contribution in [0.4, 0.5) is 21.0 Å². The van der Waals surface area contributed by atoms with Gasteiger partial charge in [0, 0.05) is 62.0 Å². The van der Waals surface area contributed by atoms with Crippen LogP contribution in [-0.2, 0) is 20.7 Å². The molecule has 3 aromatic carbocycles. The summed E-state index contributed by atoms with van der Waals surface area (Å²) in [5, 5.41) is 21.7. The molecule has 56 heavy (non-hydrogen) atoms. The molecule has 0 unspecified atom stereocenters. The third kappa shape index (κ3) is 10.8. The van der Waals surface area contributed by atoms with Gasteiger partial charge in [-0.3, -0.25) is 19.1 Å². The van der Waals surface area contributed by atoms with E-state index in [1.54, 1.807) is 24.3 Å². The Bertz CT molecular complexity index is 2020. The number of alkyl carbamates (subject to hydrolysis) is 1. The molecule has 296 valence electrons. The Morgan fingerprint density at radius 3 is 2.05 bits per heavy atom. The first-order valence-corrected chi connectivity index (χ1v) is 19.0. The Kier molecular flexibility index (Phi) is 12.4. The molecule has 1 aliphatic carbocycles. The summed E-state index contributed by atoms with van der Waals surface area (Å²) in [5.41, 5.74) is 4.44. The fourth-order valence-corrected chi connectivity index (χ4v) is 7.05. The molecule has 6 rings (SSSR count). The molecule has 1 saturated carbocycles. The van der Waals surface area contributed by atoms with E-state index in [0.29, 0.717) is 56.8 Å². The third-order valence-corrected chi connectivity index (χ3v) is 10.2. The Hall–Kier alpha value is -6.12. The Morgan fingerprint density at radius 2 is 1.48 bits per heavy atom. The summed E-state index contributed by atoms with van der Waals surface area (Å²) in [7, 11) is 0. The monoisotopic (exact) mass is 767 g/mol. The Labute approximate surface area is 324 Å². The molecule has 0 bridgehead atoms. The molecule has 2 aliphatic rings. The number of nitrogens with one attached hydrogen (secondary N) is 4. The fraction of sp³-hybridized carbons (Fsp3) is 0.415. The van der Waals surface area contributed by atoms with Crippen molar-refractivity contribution in [1.29, 1.82) is 0 Å². The van der Waals surface area contributed by atoms with E-state index in [0.717, 1.165) is 35.2 Å². The van der Waals surface area contributed by atoms with Crippen LogP contribution in [0, 0.1) is 11.8 Å². The number of hydrogen-bond acceptors (Lipinski definition) is 9. The molecular formula is C41H49N7O8. The fourth-order valence-electron chi connectivity index (χ4n) is 7.05. The van der Waals surface area contributed by atoms with Crippen LogP contribution in [0.15, 0.2) is 82.1 Å². The van der Waals surface area contributed by atoms with Gasteiger partial charge in [-0.05, 0) is 105 Å². The van der Waals surface area contributed by atoms with Crippen LogP contribution < -0.4 is 26.6 Å². The number of amides is 4. The first kappa shape index (κ1) is 39.6. The average molecular weight is 768 g/mol. The summed E-state index contributed by atoms with van der Waals surface area (Å²) in [6.07, 6.45) is 1.71. The second-order valence-electron chi connectivity index (χ2n) is 15.4. The summed E-state index contributed by atoms with van der Waals surface area (Å²) in [4.78, 5) is 68.4. The molecule has 1 aliphatic heterocycles. The minimum atomic E-state index is -0.891. The van der Waals surface area contributed by atoms with Crippen LogP contribution in [0.2, 0.25) is 0 Å². The molecule has 15 nitrogen and oxygen atoms in total. The van der Waals surface area contributed by atoms with E-state index in [1.807, 2.05) is 69.3 Å². The van der Waals surface area contributed by atoms with Gasteiger partial charge < -0.3 is 35.6 Å². The van der Waals surface area contributed by atoms with E-state index in [-0.39, 0.29) is 35.9 Å². The number of ether oxygens (including phenoxy) is 1. The van der Waals surface area contributed by atoms with Crippen molar-refractivity contribution in [3.8, 4) is 22.5 Å². The van der Waals surface area contributed by atoms with Gasteiger partial charge in [-0.15, -0.1) is 0 Å². The van der Waals surface area contributed by atoms with E-state index >= 15 is 0 Å². The van der Waals surface area contributed by atoms with Gasteiger partial charge in [0.15, 0.2) is 5.82 Å². The zero-order chi connectivity index (χ0) is 39.8. The SMILES string of the molecule is CC(C)(C)OC(=O)NC[C@H]1CC[C@H](C(=O)N[C@@H](Cc2ccc(-c3ccc(N4CCN(C(=O)O)CC4)cc3)cc2)C(=O)Nc2ccc(-c3noc(=O)[nH]3)cc2)CC1. The molecular weight excluding hydrogens is 718 g/mol. The number of benzene rings is 3. The number of piperazine rings is 1. The number of aromatic amines is 1. The minimum absolute atomic E-state index is 0.185. The molecule has 2 fully saturated rings. The lowest BCUT2D eigenvalue weighted by Crippen LogP contribution is -2.48. The lowest BCUT2D eigenvalue weighted by Gasteiger charge is -2.34. The van der Waals surface area contributed by atoms with Gasteiger partial charge >= 0.3 is 17.9 Å². The van der Waals surface area contributed by atoms with Crippen molar-refractivity contribution in [3.05, 3.63) is 88.9 Å². The van der Waals surface area contributed by atoms with Crippen LogP contribution in [-0.4, -0.2) is 88.5 Å². The summed E-state index contributed by atoms with van der Waals surface area (Å²) in [6.45, 7) is 8.13. The van der Waals surface area contributed by atoms with Crippen molar-refractivity contribution < 1.29 is 33.5 Å². The summed E-state index contributed by atoms with van der Waals surface area (Å²) < 4.78 is 9.94. The second-order valence-corrected chi connectivity index (χ2v) is 15.4. The van der Waals surface area contributed by atoms with Crippen LogP contribution in [0.5, 0.6) is 0 Å². The van der Waals surface area contributed by atoms with Crippen LogP contribution >= 0.6 is 0 Å². The topological polar surface area (TPSA) is 199 Å². The highest BCUT2D eigenvalue weighted by molar-refractivity contribution is 5.97. The molecule has 1 saturated heterocycles. The molecule has 4 aromatic rings. The summed E-state index contributed by atoms with van der Waals surface area (Å²) >= 11 is 0. The molecule has 1 aromatic heterocycles. The Balaban J connectivity index is 1.09. The van der Waals surface area contributed by atoms with Gasteiger partial charge in [-0.2, -0.15) is 0 Å². The number of anilines is 2. The van der Waals surface area contributed by atoms with Crippen LogP contribution in [0.1, 0.15) is 52.0 Å². The zero-order valence-electron chi connectivity index (χ0n) is 31.9. The second kappa shape index (κ2) is 17.6. The predicted octanol–water partition coefficient (Wildman–Crippen LogP) is 5.49. The number of carbonyl (C=O) groups is 4. The van der Waals surface area contributed by atoms with Crippen LogP contribution in [0.3, 0.4) is 0 Å². The van der Waals surface area contributed by atoms with Gasteiger partial charge in [0.05, 0.1) is 0 Å². The molecule has 15 heteroatoms. The highest BCUT2D eigenvalue weighted by Gasteiger charge is 2.30. The maximum atomic E-state index is 13.8. The first-order valence-electron chi connectivity index (χ1n) is 19.0. The van der Waals surface area contributed by atoms with Gasteiger partial charge in [0.2, 0.25) is 11.8 Å². The largest absolute Gasteiger partial charge is 0.465 e. The zero-order valence-corrected chi connectivity index (χ0v) is 31.9. The van der Waals surface area contributed by atoms with E-state index in [9.17, 15) is 29.1 Å². The Morgan fingerprint density at radius 1 is 0.875 bits per heavy atom. The lowest BCUT2D eigenvalue weighted by atomic mass is 9.81. The minimum Gasteiger partial charge on any atom is -0.465 e. The molecule has 1 atom stereocenters. The summed E-state index contributed by atoms with van der Waals surface area (Å²) in [5.74, 6) is -0.997. The van der Waals surface area contributed by atoms with Crippen molar-refractivity contribution in [2.45, 2.75) is 64.5 Å². The smallest absolute Gasteiger partial charge is 0.439 e. The van der Waals surface area contributed by atoms with Crippen molar-refractivity contribution >= 4 is 35.4 Å². The standard InChI is InChI=1S/C41H49N7O8/c1-41(2,3)55-38(51)42-25-27-6-10-31(11-7-27)36(49)44-34(37(50)43-32-16-12-30(13-17-32)35-45-39(52)56-46-35)24-26-4-8-28(9-5-26)29-14-18-33(19-15-29)47-20-22-48(23-21-47)40(53)54/h4-5,8-9,12-19,27,31,34H,6-7,10-11,20-25H2,1-3H3,(H,42,51)(H,43,50)(H,44,49)(H,53,54)(H,45,46,52)/t27-,31-,34-/m0/s1. The summed E-state index contributed by atoms with van der Waals surface area (Å²) in [6, 6.07) is 21.9. The van der Waals surface area contributed by atoms with E-state index in [4.69, 9.17) is 4.74 Å². The maximum absolute atomic E-state index is 13.8. The number of aromatic nitrogens is 2. The predicted molar refractivity (Wildman–Crippen MR) is 210 cm³/mol. The van der Waals surface area contributed by atoms with Crippen molar-refractivity contribution in [2.24, 2.45) is 11.8 Å². The van der Waals surface area contributed by atoms with Gasteiger partial charge in [-0.1, -0.05) is 41.6 Å².